The van der Waals surface area contributed by atoms with E-state index in [0.29, 0.717) is 5.92 Å². The summed E-state index contributed by atoms with van der Waals surface area (Å²) in [7, 11) is 0. The molecule has 2 rings (SSSR count). The molecule has 0 saturated heterocycles. The molecule has 0 heteroatoms. The van der Waals surface area contributed by atoms with E-state index < -0.39 is 0 Å². The van der Waals surface area contributed by atoms with E-state index in [4.69, 9.17) is 0 Å². The van der Waals surface area contributed by atoms with Crippen LogP contribution in [0.1, 0.15) is 31.4 Å². The predicted molar refractivity (Wildman–Crippen MR) is 75.8 cm³/mol. The average Bonchev–Trinajstić information content (AvgIpc) is 2.30. The van der Waals surface area contributed by atoms with Crippen molar-refractivity contribution in [2.75, 3.05) is 0 Å². The number of benzene rings is 1. The summed E-state index contributed by atoms with van der Waals surface area (Å²) in [6.45, 7) is 10.6. The van der Waals surface area contributed by atoms with Crippen LogP contribution < -0.4 is 0 Å². The quantitative estimate of drug-likeness (QED) is 0.625. The number of allylic oxidation sites excluding steroid dienone is 5. The third-order valence-electron chi connectivity index (χ3n) is 3.58. The fourth-order valence-electron chi connectivity index (χ4n) is 2.38. The fraction of sp³-hybridized carbons (Fsp3) is 0.294. The highest BCUT2D eigenvalue weighted by Gasteiger charge is 2.17. The number of aryl methyl sites for hydroxylation is 1. The van der Waals surface area contributed by atoms with E-state index in [1.54, 1.807) is 0 Å². The van der Waals surface area contributed by atoms with Crippen LogP contribution in [0.4, 0.5) is 0 Å². The number of hydrogen-bond donors (Lipinski definition) is 0. The van der Waals surface area contributed by atoms with Crippen LogP contribution in [-0.2, 0) is 0 Å². The Labute approximate surface area is 104 Å². The highest BCUT2D eigenvalue weighted by molar-refractivity contribution is 5.74. The van der Waals surface area contributed by atoms with Gasteiger partial charge in [-0.2, -0.15) is 0 Å². The number of rotatable bonds is 2. The molecule has 88 valence electrons. The monoisotopic (exact) mass is 224 g/mol. The summed E-state index contributed by atoms with van der Waals surface area (Å²) in [5, 5.41) is 0. The molecule has 0 nitrogen and oxygen atoms in total. The summed E-state index contributed by atoms with van der Waals surface area (Å²) in [6.07, 6.45) is 5.60. The lowest BCUT2D eigenvalue weighted by molar-refractivity contribution is 0.776. The molecule has 0 aliphatic heterocycles. The van der Waals surface area contributed by atoms with Gasteiger partial charge in [0.1, 0.15) is 0 Å². The molecule has 1 unspecified atom stereocenters. The van der Waals surface area contributed by atoms with Gasteiger partial charge in [0.25, 0.3) is 0 Å². The molecule has 0 amide bonds. The first-order chi connectivity index (χ1) is 8.09. The first kappa shape index (κ1) is 11.9. The normalized spacial score (nSPS) is 19.6. The summed E-state index contributed by atoms with van der Waals surface area (Å²) in [6, 6.07) is 8.63. The van der Waals surface area contributed by atoms with Crippen molar-refractivity contribution in [1.29, 1.82) is 0 Å². The van der Waals surface area contributed by atoms with Crippen molar-refractivity contribution < 1.29 is 0 Å². The highest BCUT2D eigenvalue weighted by Crippen LogP contribution is 2.35. The Bertz CT molecular complexity index is 501. The molecule has 1 aromatic rings. The van der Waals surface area contributed by atoms with E-state index in [9.17, 15) is 0 Å². The molecule has 0 N–H and O–H groups in total. The van der Waals surface area contributed by atoms with Crippen molar-refractivity contribution in [2.24, 2.45) is 5.92 Å². The van der Waals surface area contributed by atoms with Crippen LogP contribution in [0.3, 0.4) is 0 Å². The van der Waals surface area contributed by atoms with Crippen molar-refractivity contribution in [3.63, 3.8) is 0 Å². The maximum absolute atomic E-state index is 4.08. The van der Waals surface area contributed by atoms with Gasteiger partial charge in [0.2, 0.25) is 0 Å². The molecule has 1 aliphatic rings. The van der Waals surface area contributed by atoms with Crippen LogP contribution in [0.2, 0.25) is 0 Å². The molecular weight excluding hydrogens is 204 g/mol. The highest BCUT2D eigenvalue weighted by atomic mass is 14.2. The van der Waals surface area contributed by atoms with Crippen LogP contribution in [0.5, 0.6) is 0 Å². The second-order valence-electron chi connectivity index (χ2n) is 4.99. The molecule has 1 aliphatic carbocycles. The molecular formula is C17H20. The Hall–Kier alpha value is -1.56. The molecule has 0 radical (unpaired) electrons. The largest absolute Gasteiger partial charge is 0.0995 e. The zero-order valence-electron chi connectivity index (χ0n) is 11.0. The first-order valence-electron chi connectivity index (χ1n) is 6.19. The fourth-order valence-corrected chi connectivity index (χ4v) is 2.38. The van der Waals surface area contributed by atoms with Gasteiger partial charge in [-0.25, -0.2) is 0 Å². The van der Waals surface area contributed by atoms with Gasteiger partial charge in [-0.05, 0) is 49.5 Å². The van der Waals surface area contributed by atoms with E-state index in [1.165, 1.54) is 27.8 Å². The topological polar surface area (TPSA) is 0 Å². The van der Waals surface area contributed by atoms with Gasteiger partial charge >= 0.3 is 0 Å². The number of hydrogen-bond acceptors (Lipinski definition) is 0. The third kappa shape index (κ3) is 2.41. The first-order valence-corrected chi connectivity index (χ1v) is 6.19. The van der Waals surface area contributed by atoms with Gasteiger partial charge in [0.05, 0.1) is 0 Å². The third-order valence-corrected chi connectivity index (χ3v) is 3.58. The molecule has 1 atom stereocenters. The molecule has 17 heavy (non-hydrogen) atoms. The van der Waals surface area contributed by atoms with E-state index in [-0.39, 0.29) is 0 Å². The maximum Gasteiger partial charge on any atom is 0.00152 e. The lowest BCUT2D eigenvalue weighted by Gasteiger charge is -2.23. The zero-order valence-corrected chi connectivity index (χ0v) is 11.0. The van der Waals surface area contributed by atoms with Gasteiger partial charge in [-0.1, -0.05) is 48.6 Å². The van der Waals surface area contributed by atoms with Gasteiger partial charge in [0.15, 0.2) is 0 Å². The Balaban J connectivity index is 2.41. The van der Waals surface area contributed by atoms with E-state index in [0.717, 1.165) is 6.42 Å². The summed E-state index contributed by atoms with van der Waals surface area (Å²) in [5.41, 5.74) is 6.86. The Morgan fingerprint density at radius 2 is 1.94 bits per heavy atom. The van der Waals surface area contributed by atoms with Crippen LogP contribution in [0, 0.1) is 12.8 Å². The minimum atomic E-state index is 0.494. The Kier molecular flexibility index (Phi) is 3.33. The minimum Gasteiger partial charge on any atom is -0.0995 e. The van der Waals surface area contributed by atoms with Crippen molar-refractivity contribution in [3.05, 3.63) is 65.3 Å². The summed E-state index contributed by atoms with van der Waals surface area (Å²) in [5.74, 6) is 0.494. The van der Waals surface area contributed by atoms with Crippen molar-refractivity contribution in [2.45, 2.75) is 27.2 Å². The molecule has 0 bridgehead atoms. The second-order valence-corrected chi connectivity index (χ2v) is 4.99. The van der Waals surface area contributed by atoms with Gasteiger partial charge in [-0.15, -0.1) is 0 Å². The van der Waals surface area contributed by atoms with Crippen molar-refractivity contribution in [1.82, 2.24) is 0 Å². The van der Waals surface area contributed by atoms with Crippen LogP contribution in [0.15, 0.2) is 54.1 Å². The lowest BCUT2D eigenvalue weighted by Crippen LogP contribution is -2.05. The predicted octanol–water partition coefficient (Wildman–Crippen LogP) is 4.92. The van der Waals surface area contributed by atoms with Gasteiger partial charge < -0.3 is 0 Å². The molecule has 0 aromatic heterocycles. The van der Waals surface area contributed by atoms with Gasteiger partial charge in [0, 0.05) is 5.92 Å². The summed E-state index contributed by atoms with van der Waals surface area (Å²) >= 11 is 0. The molecule has 0 heterocycles. The standard InChI is InChI=1S/C17H20/c1-12(2)15-10-9-14(4)17(11-15)16-8-6-5-7-13(16)3/h5-10,15H,1,11H2,2-4H3. The second kappa shape index (κ2) is 4.75. The average molecular weight is 224 g/mol. The maximum atomic E-state index is 4.08. The van der Waals surface area contributed by atoms with Crippen LogP contribution in [-0.4, -0.2) is 0 Å². The van der Waals surface area contributed by atoms with Crippen molar-refractivity contribution >= 4 is 5.57 Å². The minimum absolute atomic E-state index is 0.494. The van der Waals surface area contributed by atoms with E-state index >= 15 is 0 Å². The van der Waals surface area contributed by atoms with E-state index in [2.05, 4.69) is 63.8 Å². The van der Waals surface area contributed by atoms with Crippen LogP contribution >= 0.6 is 0 Å². The lowest BCUT2D eigenvalue weighted by atomic mass is 9.82. The smallest absolute Gasteiger partial charge is 0.00152 e. The SMILES string of the molecule is C=C(C)C1C=CC(C)=C(c2ccccc2C)C1. The van der Waals surface area contributed by atoms with Crippen molar-refractivity contribution in [3.8, 4) is 0 Å². The van der Waals surface area contributed by atoms with E-state index in [1.807, 2.05) is 0 Å². The zero-order chi connectivity index (χ0) is 12.4. The Morgan fingerprint density at radius 1 is 1.24 bits per heavy atom. The molecule has 1 aromatic carbocycles. The summed E-state index contributed by atoms with van der Waals surface area (Å²) in [4.78, 5) is 0. The Morgan fingerprint density at radius 3 is 2.59 bits per heavy atom. The molecule has 0 spiro atoms. The van der Waals surface area contributed by atoms with Crippen LogP contribution in [0.25, 0.3) is 5.57 Å². The summed E-state index contributed by atoms with van der Waals surface area (Å²) < 4.78 is 0. The molecule has 0 fully saturated rings. The molecule has 0 saturated carbocycles. The van der Waals surface area contributed by atoms with Gasteiger partial charge in [-0.3, -0.25) is 0 Å².